The Morgan fingerprint density at radius 3 is 2.47 bits per heavy atom. The fourth-order valence-electron chi connectivity index (χ4n) is 1.76. The van der Waals surface area contributed by atoms with Crippen LogP contribution in [0.15, 0.2) is 11.6 Å². The molecule has 6 heteroatoms. The molecule has 0 aliphatic carbocycles. The van der Waals surface area contributed by atoms with E-state index < -0.39 is 0 Å². The van der Waals surface area contributed by atoms with Crippen molar-refractivity contribution in [2.45, 2.75) is 0 Å². The minimum Gasteiger partial charge on any atom is -0.492 e. The molecule has 0 amide bonds. The van der Waals surface area contributed by atoms with Gasteiger partial charge in [-0.05, 0) is 12.1 Å². The Balaban J connectivity index is 2.66. The van der Waals surface area contributed by atoms with Crippen molar-refractivity contribution in [3.63, 3.8) is 0 Å². The van der Waals surface area contributed by atoms with Gasteiger partial charge in [0, 0.05) is 5.56 Å². The molecule has 1 aliphatic heterocycles. The molecule has 0 spiro atoms. The van der Waals surface area contributed by atoms with E-state index in [-0.39, 0.29) is 12.4 Å². The molecule has 0 saturated heterocycles. The van der Waals surface area contributed by atoms with Gasteiger partial charge in [-0.3, -0.25) is 0 Å². The lowest BCUT2D eigenvalue weighted by Gasteiger charge is -2.12. The molecule has 1 aromatic rings. The first-order valence-corrected chi connectivity index (χ1v) is 5.31. The van der Waals surface area contributed by atoms with E-state index in [9.17, 15) is 0 Å². The molecular weight excluding hydrogens is 248 g/mol. The van der Waals surface area contributed by atoms with Crippen LogP contribution in [0.25, 0.3) is 6.08 Å². The zero-order valence-electron chi connectivity index (χ0n) is 10.4. The predicted octanol–water partition coefficient (Wildman–Crippen LogP) is 1.86. The minimum atomic E-state index is -0.0424. The Morgan fingerprint density at radius 1 is 1.21 bits per heavy atom. The summed E-state index contributed by atoms with van der Waals surface area (Å²) in [6, 6.07) is 5.21. The molecule has 0 unspecified atom stereocenters. The number of hydrogen-bond donors (Lipinski definition) is 0. The first-order valence-electron chi connectivity index (χ1n) is 5.31. The van der Waals surface area contributed by atoms with Crippen molar-refractivity contribution in [1.29, 1.82) is 10.5 Å². The first kappa shape index (κ1) is 12.6. The van der Waals surface area contributed by atoms with Crippen molar-refractivity contribution in [2.24, 2.45) is 0 Å². The topological polar surface area (TPSA) is 84.5 Å². The van der Waals surface area contributed by atoms with Crippen LogP contribution in [0.3, 0.4) is 0 Å². The van der Waals surface area contributed by atoms with Gasteiger partial charge in [-0.15, -0.1) is 0 Å². The van der Waals surface area contributed by atoms with E-state index in [0.29, 0.717) is 28.6 Å². The Kier molecular flexibility index (Phi) is 3.44. The number of nitriles is 2. The number of nitrogens with zero attached hydrogens (tertiary/aromatic N) is 2. The molecule has 96 valence electrons. The summed E-state index contributed by atoms with van der Waals surface area (Å²) in [7, 11) is 2.94. The van der Waals surface area contributed by atoms with Gasteiger partial charge < -0.3 is 18.9 Å². The van der Waals surface area contributed by atoms with Gasteiger partial charge in [0.2, 0.25) is 18.3 Å². The Hall–Kier alpha value is -2.86. The van der Waals surface area contributed by atoms with Gasteiger partial charge in [-0.1, -0.05) is 0 Å². The van der Waals surface area contributed by atoms with E-state index in [4.69, 9.17) is 29.5 Å². The standard InChI is InChI=1S/C13H10N2O4/c1-16-11-9(3-8(5-14)6-15)4-10-12(13(11)17-2)19-7-18-10/h3-4H,7H2,1-2H3. The van der Waals surface area contributed by atoms with Crippen LogP contribution in [-0.2, 0) is 0 Å². The third-order valence-electron chi connectivity index (χ3n) is 2.55. The van der Waals surface area contributed by atoms with Gasteiger partial charge in [-0.2, -0.15) is 10.5 Å². The second kappa shape index (κ2) is 5.19. The van der Waals surface area contributed by atoms with Crippen LogP contribution >= 0.6 is 0 Å². The van der Waals surface area contributed by atoms with Gasteiger partial charge in [0.05, 0.1) is 14.2 Å². The highest BCUT2D eigenvalue weighted by molar-refractivity contribution is 5.74. The molecule has 0 saturated carbocycles. The molecule has 0 aromatic heterocycles. The van der Waals surface area contributed by atoms with Crippen LogP contribution in [0.1, 0.15) is 5.56 Å². The van der Waals surface area contributed by atoms with Gasteiger partial charge in [0.15, 0.2) is 11.5 Å². The van der Waals surface area contributed by atoms with E-state index >= 15 is 0 Å². The van der Waals surface area contributed by atoms with Gasteiger partial charge in [-0.25, -0.2) is 0 Å². The monoisotopic (exact) mass is 258 g/mol. The number of benzene rings is 1. The summed E-state index contributed by atoms with van der Waals surface area (Å²) in [5.74, 6) is 1.69. The van der Waals surface area contributed by atoms with Crippen LogP contribution in [0.4, 0.5) is 0 Å². The molecule has 1 aromatic carbocycles. The maximum absolute atomic E-state index is 8.80. The molecule has 0 radical (unpaired) electrons. The maximum Gasteiger partial charge on any atom is 0.231 e. The van der Waals surface area contributed by atoms with Gasteiger partial charge >= 0.3 is 0 Å². The third kappa shape index (κ3) is 2.12. The average Bonchev–Trinajstić information content (AvgIpc) is 2.90. The Morgan fingerprint density at radius 2 is 1.89 bits per heavy atom. The number of methoxy groups -OCH3 is 2. The van der Waals surface area contributed by atoms with Gasteiger partial charge in [0.25, 0.3) is 0 Å². The van der Waals surface area contributed by atoms with Crippen LogP contribution in [0, 0.1) is 22.7 Å². The average molecular weight is 258 g/mol. The van der Waals surface area contributed by atoms with E-state index in [0.717, 1.165) is 0 Å². The van der Waals surface area contributed by atoms with E-state index in [2.05, 4.69) is 0 Å². The molecule has 1 aliphatic rings. The van der Waals surface area contributed by atoms with E-state index in [1.807, 2.05) is 0 Å². The Labute approximate surface area is 110 Å². The zero-order valence-corrected chi connectivity index (χ0v) is 10.4. The molecule has 2 rings (SSSR count). The highest BCUT2D eigenvalue weighted by atomic mass is 16.7. The second-order valence-corrected chi connectivity index (χ2v) is 3.55. The zero-order chi connectivity index (χ0) is 13.8. The Bertz CT molecular complexity index is 607. The molecule has 0 atom stereocenters. The van der Waals surface area contributed by atoms with Crippen molar-refractivity contribution >= 4 is 6.08 Å². The number of hydrogen-bond acceptors (Lipinski definition) is 6. The second-order valence-electron chi connectivity index (χ2n) is 3.55. The maximum atomic E-state index is 8.80. The molecule has 1 heterocycles. The van der Waals surface area contributed by atoms with Crippen molar-refractivity contribution in [1.82, 2.24) is 0 Å². The fraction of sp³-hybridized carbons (Fsp3) is 0.231. The lowest BCUT2D eigenvalue weighted by Crippen LogP contribution is -1.96. The lowest BCUT2D eigenvalue weighted by molar-refractivity contribution is 0.170. The summed E-state index contributed by atoms with van der Waals surface area (Å²) < 4.78 is 21.1. The van der Waals surface area contributed by atoms with E-state index in [1.54, 1.807) is 18.2 Å². The summed E-state index contributed by atoms with van der Waals surface area (Å²) in [5, 5.41) is 17.6. The normalized spacial score (nSPS) is 11.2. The highest BCUT2D eigenvalue weighted by Gasteiger charge is 2.25. The molecule has 19 heavy (non-hydrogen) atoms. The minimum absolute atomic E-state index is 0.0424. The summed E-state index contributed by atoms with van der Waals surface area (Å²) in [5.41, 5.74) is 0.473. The lowest BCUT2D eigenvalue weighted by atomic mass is 10.1. The summed E-state index contributed by atoms with van der Waals surface area (Å²) in [4.78, 5) is 0. The number of rotatable bonds is 3. The van der Waals surface area contributed by atoms with Crippen molar-refractivity contribution in [3.8, 4) is 35.1 Å². The third-order valence-corrected chi connectivity index (χ3v) is 2.55. The molecule has 0 bridgehead atoms. The predicted molar refractivity (Wildman–Crippen MR) is 64.9 cm³/mol. The highest BCUT2D eigenvalue weighted by Crippen LogP contribution is 2.49. The van der Waals surface area contributed by atoms with Gasteiger partial charge in [0.1, 0.15) is 17.7 Å². The van der Waals surface area contributed by atoms with Crippen LogP contribution in [0.2, 0.25) is 0 Å². The number of fused-ring (bicyclic) bond motifs is 1. The number of ether oxygens (including phenoxy) is 4. The summed E-state index contributed by atoms with van der Waals surface area (Å²) in [6.45, 7) is 0.0887. The van der Waals surface area contributed by atoms with Crippen molar-refractivity contribution in [3.05, 3.63) is 17.2 Å². The van der Waals surface area contributed by atoms with E-state index in [1.165, 1.54) is 20.3 Å². The smallest absolute Gasteiger partial charge is 0.231 e. The SMILES string of the molecule is COc1c(C=C(C#N)C#N)cc2c(c1OC)OCO2. The van der Waals surface area contributed by atoms with Crippen LogP contribution in [0.5, 0.6) is 23.0 Å². The fourth-order valence-corrected chi connectivity index (χ4v) is 1.76. The van der Waals surface area contributed by atoms with Crippen molar-refractivity contribution < 1.29 is 18.9 Å². The molecule has 0 N–H and O–H groups in total. The summed E-state index contributed by atoms with van der Waals surface area (Å²) >= 11 is 0. The molecule has 0 fully saturated rings. The largest absolute Gasteiger partial charge is 0.492 e. The van der Waals surface area contributed by atoms with Crippen molar-refractivity contribution in [2.75, 3.05) is 21.0 Å². The summed E-state index contributed by atoms with van der Waals surface area (Å²) in [6.07, 6.45) is 1.41. The first-order chi connectivity index (χ1) is 9.24. The molecule has 6 nitrogen and oxygen atoms in total. The van der Waals surface area contributed by atoms with Crippen LogP contribution < -0.4 is 18.9 Å². The van der Waals surface area contributed by atoms with Crippen LogP contribution in [-0.4, -0.2) is 21.0 Å². The number of allylic oxidation sites excluding steroid dienone is 1. The quantitative estimate of drug-likeness (QED) is 0.769. The molecular formula is C13H10N2O4.